The number of nitriles is 1. The number of alkyl carbamates (subject to hydrolysis) is 1. The van der Waals surface area contributed by atoms with Crippen LogP contribution in [0.5, 0.6) is 0 Å². The number of nitrogens with one attached hydrogen (secondary N) is 2. The SMILES string of the molecule is CC(C)(C)NC(=O)OC[C@H]1C[C@@H](NS(=O)(=O)c2cc(Br)ccc2Br)CN1C#N. The van der Waals surface area contributed by atoms with Gasteiger partial charge in [0.1, 0.15) is 6.61 Å². The molecule has 1 fully saturated rings. The number of hydrogen-bond donors (Lipinski definition) is 2. The molecule has 2 atom stereocenters. The number of hydrogen-bond acceptors (Lipinski definition) is 6. The average Bonchev–Trinajstić information content (AvgIpc) is 2.94. The fourth-order valence-electron chi connectivity index (χ4n) is 2.76. The predicted octanol–water partition coefficient (Wildman–Crippen LogP) is 2.94. The van der Waals surface area contributed by atoms with Crippen molar-refractivity contribution in [2.45, 2.75) is 49.7 Å². The molecule has 2 rings (SSSR count). The van der Waals surface area contributed by atoms with Gasteiger partial charge < -0.3 is 15.0 Å². The minimum absolute atomic E-state index is 0.00567. The first-order chi connectivity index (χ1) is 12.9. The molecule has 8 nitrogen and oxygen atoms in total. The van der Waals surface area contributed by atoms with Crippen LogP contribution in [0.15, 0.2) is 32.0 Å². The van der Waals surface area contributed by atoms with Gasteiger partial charge >= 0.3 is 6.09 Å². The molecule has 0 unspecified atom stereocenters. The second-order valence-corrected chi connectivity index (χ2v) is 11.0. The normalized spacial score (nSPS) is 19.9. The zero-order valence-electron chi connectivity index (χ0n) is 15.7. The van der Waals surface area contributed by atoms with Crippen molar-refractivity contribution >= 4 is 48.0 Å². The Morgan fingerprint density at radius 1 is 1.39 bits per heavy atom. The Morgan fingerprint density at radius 2 is 2.07 bits per heavy atom. The van der Waals surface area contributed by atoms with Crippen molar-refractivity contribution in [2.75, 3.05) is 13.2 Å². The van der Waals surface area contributed by atoms with Crippen molar-refractivity contribution in [3.8, 4) is 6.19 Å². The van der Waals surface area contributed by atoms with Crippen LogP contribution in [0.4, 0.5) is 4.79 Å². The van der Waals surface area contributed by atoms with Gasteiger partial charge in [-0.05, 0) is 61.3 Å². The number of carbonyl (C=O) groups is 1. The molecular weight excluding hydrogens is 516 g/mol. The number of nitrogens with zero attached hydrogens (tertiary/aromatic N) is 2. The van der Waals surface area contributed by atoms with E-state index in [-0.39, 0.29) is 18.0 Å². The third-order valence-electron chi connectivity index (χ3n) is 3.93. The van der Waals surface area contributed by atoms with E-state index in [0.717, 1.165) is 0 Å². The van der Waals surface area contributed by atoms with Gasteiger partial charge in [-0.15, -0.1) is 0 Å². The van der Waals surface area contributed by atoms with Crippen LogP contribution in [0.3, 0.4) is 0 Å². The van der Waals surface area contributed by atoms with E-state index in [4.69, 9.17) is 4.74 Å². The van der Waals surface area contributed by atoms with Crippen LogP contribution >= 0.6 is 31.9 Å². The number of likely N-dealkylation sites (tertiary alicyclic amines) is 1. The molecule has 0 aliphatic carbocycles. The summed E-state index contributed by atoms with van der Waals surface area (Å²) < 4.78 is 34.4. The number of amides is 1. The Morgan fingerprint density at radius 3 is 2.68 bits per heavy atom. The Bertz CT molecular complexity index is 880. The second-order valence-electron chi connectivity index (χ2n) is 7.51. The Kier molecular flexibility index (Phi) is 7.36. The maximum Gasteiger partial charge on any atom is 0.407 e. The Labute approximate surface area is 181 Å². The van der Waals surface area contributed by atoms with Crippen molar-refractivity contribution in [3.63, 3.8) is 0 Å². The van der Waals surface area contributed by atoms with Gasteiger partial charge in [-0.3, -0.25) is 0 Å². The lowest BCUT2D eigenvalue weighted by Gasteiger charge is -2.22. The van der Waals surface area contributed by atoms with Crippen LogP contribution in [0.25, 0.3) is 0 Å². The van der Waals surface area contributed by atoms with E-state index in [0.29, 0.717) is 15.4 Å². The molecule has 28 heavy (non-hydrogen) atoms. The van der Waals surface area contributed by atoms with Crippen LogP contribution in [-0.2, 0) is 14.8 Å². The topological polar surface area (TPSA) is 112 Å². The minimum Gasteiger partial charge on any atom is -0.447 e. The summed E-state index contributed by atoms with van der Waals surface area (Å²) in [4.78, 5) is 13.3. The highest BCUT2D eigenvalue weighted by atomic mass is 79.9. The van der Waals surface area contributed by atoms with Crippen LogP contribution < -0.4 is 10.0 Å². The molecule has 1 aromatic carbocycles. The molecule has 1 heterocycles. The number of benzene rings is 1. The first-order valence-corrected chi connectivity index (χ1v) is 11.6. The Balaban J connectivity index is 2.02. The van der Waals surface area contributed by atoms with Crippen LogP contribution in [0, 0.1) is 11.5 Å². The van der Waals surface area contributed by atoms with Crippen molar-refractivity contribution in [1.82, 2.24) is 14.9 Å². The first-order valence-electron chi connectivity index (χ1n) is 8.50. The van der Waals surface area contributed by atoms with Crippen LogP contribution in [0.2, 0.25) is 0 Å². The summed E-state index contributed by atoms with van der Waals surface area (Å²) in [6, 6.07) is 4.00. The lowest BCUT2D eigenvalue weighted by molar-refractivity contribution is 0.114. The van der Waals surface area contributed by atoms with Crippen molar-refractivity contribution < 1.29 is 17.9 Å². The smallest absolute Gasteiger partial charge is 0.407 e. The molecule has 0 radical (unpaired) electrons. The number of ether oxygens (including phenoxy) is 1. The summed E-state index contributed by atoms with van der Waals surface area (Å²) in [5, 5.41) is 12.0. The maximum absolute atomic E-state index is 12.7. The van der Waals surface area contributed by atoms with E-state index in [1.807, 2.05) is 27.0 Å². The largest absolute Gasteiger partial charge is 0.447 e. The summed E-state index contributed by atoms with van der Waals surface area (Å²) in [5.41, 5.74) is -0.433. The molecule has 1 aliphatic heterocycles. The van der Waals surface area contributed by atoms with Crippen molar-refractivity contribution in [2.24, 2.45) is 0 Å². The van der Waals surface area contributed by atoms with E-state index < -0.39 is 33.7 Å². The van der Waals surface area contributed by atoms with Gasteiger partial charge in [-0.25, -0.2) is 17.9 Å². The standard InChI is InChI=1S/C17H22Br2N4O4S/c1-17(2,3)21-16(24)27-9-13-7-12(8-23(13)10-20)22-28(25,26)15-6-11(18)4-5-14(15)19/h4-6,12-13,22H,7-9H2,1-3H3,(H,21,24)/t12-,13-/m1/s1. The number of carbonyl (C=O) groups excluding carboxylic acids is 1. The molecule has 0 saturated carbocycles. The van der Waals surface area contributed by atoms with Crippen LogP contribution in [-0.4, -0.2) is 50.2 Å². The van der Waals surface area contributed by atoms with Crippen molar-refractivity contribution in [1.29, 1.82) is 5.26 Å². The van der Waals surface area contributed by atoms with E-state index >= 15 is 0 Å². The molecule has 1 aliphatic rings. The molecule has 1 aromatic rings. The monoisotopic (exact) mass is 536 g/mol. The molecule has 1 amide bonds. The quantitative estimate of drug-likeness (QED) is 0.558. The lowest BCUT2D eigenvalue weighted by atomic mass is 10.1. The highest BCUT2D eigenvalue weighted by Crippen LogP contribution is 2.27. The maximum atomic E-state index is 12.7. The third kappa shape index (κ3) is 6.34. The average molecular weight is 538 g/mol. The van der Waals surface area contributed by atoms with Gasteiger partial charge in [0.25, 0.3) is 0 Å². The summed E-state index contributed by atoms with van der Waals surface area (Å²) >= 11 is 6.52. The minimum atomic E-state index is -3.79. The van der Waals surface area contributed by atoms with Crippen LogP contribution in [0.1, 0.15) is 27.2 Å². The summed E-state index contributed by atoms with van der Waals surface area (Å²) in [7, 11) is -3.79. The summed E-state index contributed by atoms with van der Waals surface area (Å²) in [5.74, 6) is 0. The Hall–Kier alpha value is -1.35. The first kappa shape index (κ1) is 22.9. The van der Waals surface area contributed by atoms with Gasteiger partial charge in [0.05, 0.1) is 10.9 Å². The zero-order chi connectivity index (χ0) is 21.1. The fourth-order valence-corrected chi connectivity index (χ4v) is 5.50. The summed E-state index contributed by atoms with van der Waals surface area (Å²) in [6.45, 7) is 5.69. The molecule has 0 spiro atoms. The second kappa shape index (κ2) is 8.98. The molecule has 0 bridgehead atoms. The highest BCUT2D eigenvalue weighted by Gasteiger charge is 2.35. The molecule has 0 aromatic heterocycles. The predicted molar refractivity (Wildman–Crippen MR) is 111 cm³/mol. The zero-order valence-corrected chi connectivity index (χ0v) is 19.7. The van der Waals surface area contributed by atoms with Gasteiger partial charge in [0, 0.05) is 27.1 Å². The van der Waals surface area contributed by atoms with E-state index in [9.17, 15) is 18.5 Å². The van der Waals surface area contributed by atoms with Gasteiger partial charge in [0.2, 0.25) is 10.0 Å². The number of rotatable bonds is 5. The molecule has 154 valence electrons. The fraction of sp³-hybridized carbons (Fsp3) is 0.529. The third-order valence-corrected chi connectivity index (χ3v) is 6.94. The van der Waals surface area contributed by atoms with E-state index in [1.54, 1.807) is 12.1 Å². The summed E-state index contributed by atoms with van der Waals surface area (Å²) in [6.07, 6.45) is 1.80. The highest BCUT2D eigenvalue weighted by molar-refractivity contribution is 9.11. The van der Waals surface area contributed by atoms with E-state index in [1.165, 1.54) is 11.0 Å². The number of halogens is 2. The van der Waals surface area contributed by atoms with E-state index in [2.05, 4.69) is 41.9 Å². The van der Waals surface area contributed by atoms with Gasteiger partial charge in [-0.1, -0.05) is 15.9 Å². The van der Waals surface area contributed by atoms with Crippen molar-refractivity contribution in [3.05, 3.63) is 27.1 Å². The van der Waals surface area contributed by atoms with Gasteiger partial charge in [-0.2, -0.15) is 5.26 Å². The molecular formula is C17H22Br2N4O4S. The lowest BCUT2D eigenvalue weighted by Crippen LogP contribution is -2.42. The number of sulfonamides is 1. The molecule has 1 saturated heterocycles. The molecule has 11 heteroatoms. The van der Waals surface area contributed by atoms with Gasteiger partial charge in [0.15, 0.2) is 6.19 Å². The molecule has 2 N–H and O–H groups in total.